The van der Waals surface area contributed by atoms with Crippen molar-refractivity contribution in [3.8, 4) is 0 Å². The van der Waals surface area contributed by atoms with E-state index in [4.69, 9.17) is 0 Å². The molecule has 2 N–H and O–H groups in total. The summed E-state index contributed by atoms with van der Waals surface area (Å²) in [4.78, 5) is 17.0. The Morgan fingerprint density at radius 3 is 2.20 bits per heavy atom. The van der Waals surface area contributed by atoms with Crippen molar-refractivity contribution in [3.05, 3.63) is 65.2 Å². The van der Waals surface area contributed by atoms with Crippen LogP contribution in [0.1, 0.15) is 23.6 Å². The zero-order valence-electron chi connectivity index (χ0n) is 17.0. The van der Waals surface area contributed by atoms with Crippen LogP contribution < -0.4 is 10.6 Å². The van der Waals surface area contributed by atoms with E-state index in [0.29, 0.717) is 0 Å². The van der Waals surface area contributed by atoms with E-state index in [1.165, 1.54) is 18.2 Å². The average Bonchev–Trinajstić information content (AvgIpc) is 2.73. The van der Waals surface area contributed by atoms with Crippen LogP contribution in [0.15, 0.2) is 48.5 Å². The number of hydrogen-bond acceptors (Lipinski definition) is 3. The number of amides is 2. The van der Waals surface area contributed by atoms with E-state index in [1.54, 1.807) is 0 Å². The van der Waals surface area contributed by atoms with E-state index in [2.05, 4.69) is 27.4 Å². The van der Waals surface area contributed by atoms with Crippen molar-refractivity contribution in [2.24, 2.45) is 0 Å². The topological polar surface area (TPSA) is 47.6 Å². The number of anilines is 1. The molecule has 8 heteroatoms. The number of piperazine rings is 1. The van der Waals surface area contributed by atoms with Crippen molar-refractivity contribution in [2.75, 3.05) is 38.0 Å². The molecule has 0 saturated carbocycles. The summed E-state index contributed by atoms with van der Waals surface area (Å²) in [6.45, 7) is 8.30. The number of carbonyl (C=O) groups is 1. The molecule has 0 atom stereocenters. The molecular weight excluding hydrogens is 393 g/mol. The number of carbonyl (C=O) groups excluding carboxylic acids is 1. The maximum absolute atomic E-state index is 13.1. The minimum atomic E-state index is -4.53. The normalized spacial score (nSPS) is 15.7. The molecule has 2 aromatic carbocycles. The number of urea groups is 1. The summed E-state index contributed by atoms with van der Waals surface area (Å²) in [7, 11) is 0. The molecular formula is C22H27F3N4O. The molecule has 0 radical (unpaired) electrons. The number of benzene rings is 2. The van der Waals surface area contributed by atoms with Crippen LogP contribution in [0.5, 0.6) is 0 Å². The standard InChI is InChI=1S/C22H27F3N4O/c1-2-28-11-13-29(14-12-28)16-18-8-4-3-7-17(18)15-26-21(30)27-20-10-6-5-9-19(20)22(23,24)25/h3-10H,2,11-16H2,1H3,(H2,26,27,30). The number of hydrogen-bond donors (Lipinski definition) is 2. The molecule has 1 fully saturated rings. The van der Waals surface area contributed by atoms with Crippen LogP contribution in [0.25, 0.3) is 0 Å². The van der Waals surface area contributed by atoms with Crippen LogP contribution in [-0.2, 0) is 19.3 Å². The lowest BCUT2D eigenvalue weighted by Crippen LogP contribution is -2.45. The lowest BCUT2D eigenvalue weighted by molar-refractivity contribution is -0.136. The number of nitrogens with one attached hydrogen (secondary N) is 2. The molecule has 2 aromatic rings. The van der Waals surface area contributed by atoms with Crippen LogP contribution >= 0.6 is 0 Å². The zero-order chi connectivity index (χ0) is 21.6. The number of alkyl halides is 3. The molecule has 1 saturated heterocycles. The fraction of sp³-hybridized carbons (Fsp3) is 0.409. The lowest BCUT2D eigenvalue weighted by Gasteiger charge is -2.34. The summed E-state index contributed by atoms with van der Waals surface area (Å²) in [5, 5.41) is 4.99. The first-order chi connectivity index (χ1) is 14.4. The Kier molecular flexibility index (Phi) is 7.33. The van der Waals surface area contributed by atoms with Gasteiger partial charge in [-0.2, -0.15) is 13.2 Å². The Morgan fingerprint density at radius 1 is 0.933 bits per heavy atom. The van der Waals surface area contributed by atoms with Gasteiger partial charge in [-0.1, -0.05) is 43.3 Å². The van der Waals surface area contributed by atoms with Gasteiger partial charge in [0.1, 0.15) is 0 Å². The summed E-state index contributed by atoms with van der Waals surface area (Å²) < 4.78 is 39.3. The first-order valence-electron chi connectivity index (χ1n) is 10.1. The van der Waals surface area contributed by atoms with Gasteiger partial charge in [0.2, 0.25) is 0 Å². The number of halogens is 3. The highest BCUT2D eigenvalue weighted by molar-refractivity contribution is 5.90. The largest absolute Gasteiger partial charge is 0.418 e. The highest BCUT2D eigenvalue weighted by Gasteiger charge is 2.33. The fourth-order valence-electron chi connectivity index (χ4n) is 3.57. The van der Waals surface area contributed by atoms with E-state index in [1.807, 2.05) is 24.3 Å². The second-order valence-corrected chi connectivity index (χ2v) is 7.33. The highest BCUT2D eigenvalue weighted by Crippen LogP contribution is 2.34. The zero-order valence-corrected chi connectivity index (χ0v) is 17.0. The van der Waals surface area contributed by atoms with Gasteiger partial charge in [-0.05, 0) is 29.8 Å². The van der Waals surface area contributed by atoms with Crippen LogP contribution in [0.3, 0.4) is 0 Å². The minimum absolute atomic E-state index is 0.241. The molecule has 0 aromatic heterocycles. The molecule has 1 heterocycles. The van der Waals surface area contributed by atoms with E-state index in [9.17, 15) is 18.0 Å². The highest BCUT2D eigenvalue weighted by atomic mass is 19.4. The van der Waals surface area contributed by atoms with Gasteiger partial charge in [0.25, 0.3) is 0 Å². The molecule has 2 amide bonds. The fourth-order valence-corrected chi connectivity index (χ4v) is 3.57. The number of para-hydroxylation sites is 1. The van der Waals surface area contributed by atoms with E-state index < -0.39 is 17.8 Å². The molecule has 1 aliphatic heterocycles. The third kappa shape index (κ3) is 5.96. The first-order valence-corrected chi connectivity index (χ1v) is 10.1. The summed E-state index contributed by atoms with van der Waals surface area (Å²) in [6, 6.07) is 12.1. The second-order valence-electron chi connectivity index (χ2n) is 7.33. The predicted octanol–water partition coefficient (Wildman–Crippen LogP) is 4.16. The van der Waals surface area contributed by atoms with Gasteiger partial charge in [-0.3, -0.25) is 4.90 Å². The second kappa shape index (κ2) is 9.95. The van der Waals surface area contributed by atoms with Crippen LogP contribution in [0.2, 0.25) is 0 Å². The van der Waals surface area contributed by atoms with Gasteiger partial charge in [0, 0.05) is 39.3 Å². The molecule has 30 heavy (non-hydrogen) atoms. The molecule has 0 unspecified atom stereocenters. The predicted molar refractivity (Wildman–Crippen MR) is 111 cm³/mol. The number of nitrogens with zero attached hydrogens (tertiary/aromatic N) is 2. The van der Waals surface area contributed by atoms with Crippen LogP contribution in [0, 0.1) is 0 Å². The molecule has 0 bridgehead atoms. The van der Waals surface area contributed by atoms with Gasteiger partial charge in [0.05, 0.1) is 11.3 Å². The van der Waals surface area contributed by atoms with E-state index >= 15 is 0 Å². The van der Waals surface area contributed by atoms with Gasteiger partial charge < -0.3 is 15.5 Å². The molecule has 5 nitrogen and oxygen atoms in total. The SMILES string of the molecule is CCN1CCN(Cc2ccccc2CNC(=O)Nc2ccccc2C(F)(F)F)CC1. The maximum atomic E-state index is 13.1. The molecule has 0 aliphatic carbocycles. The number of likely N-dealkylation sites (N-methyl/N-ethyl adjacent to an activating group) is 1. The summed E-state index contributed by atoms with van der Waals surface area (Å²) in [5.41, 5.74) is 0.935. The molecule has 1 aliphatic rings. The van der Waals surface area contributed by atoms with E-state index in [-0.39, 0.29) is 12.2 Å². The number of rotatable bonds is 6. The lowest BCUT2D eigenvalue weighted by atomic mass is 10.1. The van der Waals surface area contributed by atoms with Crippen LogP contribution in [-0.4, -0.2) is 48.6 Å². The van der Waals surface area contributed by atoms with Crippen molar-refractivity contribution >= 4 is 11.7 Å². The Balaban J connectivity index is 1.58. The quantitative estimate of drug-likeness (QED) is 0.738. The van der Waals surface area contributed by atoms with Crippen molar-refractivity contribution in [1.82, 2.24) is 15.1 Å². The van der Waals surface area contributed by atoms with Crippen molar-refractivity contribution in [3.63, 3.8) is 0 Å². The Labute approximate surface area is 174 Å². The van der Waals surface area contributed by atoms with Gasteiger partial charge in [-0.25, -0.2) is 4.79 Å². The first kappa shape index (κ1) is 22.1. The molecule has 3 rings (SSSR count). The van der Waals surface area contributed by atoms with Gasteiger partial charge in [0.15, 0.2) is 0 Å². The van der Waals surface area contributed by atoms with Crippen molar-refractivity contribution < 1.29 is 18.0 Å². The van der Waals surface area contributed by atoms with Gasteiger partial charge >= 0.3 is 12.2 Å². The average molecular weight is 420 g/mol. The van der Waals surface area contributed by atoms with Crippen molar-refractivity contribution in [1.29, 1.82) is 0 Å². The van der Waals surface area contributed by atoms with Gasteiger partial charge in [-0.15, -0.1) is 0 Å². The summed E-state index contributed by atoms with van der Waals surface area (Å²) >= 11 is 0. The summed E-state index contributed by atoms with van der Waals surface area (Å²) in [5.74, 6) is 0. The minimum Gasteiger partial charge on any atom is -0.334 e. The maximum Gasteiger partial charge on any atom is 0.418 e. The summed E-state index contributed by atoms with van der Waals surface area (Å²) in [6.07, 6.45) is -4.53. The van der Waals surface area contributed by atoms with Crippen LogP contribution in [0.4, 0.5) is 23.7 Å². The Hall–Kier alpha value is -2.58. The Morgan fingerprint density at radius 2 is 1.53 bits per heavy atom. The molecule has 0 spiro atoms. The van der Waals surface area contributed by atoms with Crippen molar-refractivity contribution in [2.45, 2.75) is 26.2 Å². The van der Waals surface area contributed by atoms with E-state index in [0.717, 1.165) is 56.5 Å². The smallest absolute Gasteiger partial charge is 0.334 e. The third-order valence-electron chi connectivity index (χ3n) is 5.34. The molecule has 162 valence electrons. The monoisotopic (exact) mass is 420 g/mol. The Bertz CT molecular complexity index is 848. The third-order valence-corrected chi connectivity index (χ3v) is 5.34.